The average molecular weight is 373 g/mol. The van der Waals surface area contributed by atoms with Crippen LogP contribution in [0.4, 0.5) is 0 Å². The molecule has 0 bridgehead atoms. The topological polar surface area (TPSA) is 58.1 Å². The summed E-state index contributed by atoms with van der Waals surface area (Å²) < 4.78 is 10.5. The number of methoxy groups -OCH3 is 1. The summed E-state index contributed by atoms with van der Waals surface area (Å²) in [5.74, 6) is 3.46. The van der Waals surface area contributed by atoms with Crippen LogP contribution in [-0.4, -0.2) is 88.1 Å². The van der Waals surface area contributed by atoms with Crippen LogP contribution in [0.1, 0.15) is 32.1 Å². The molecule has 0 spiro atoms. The lowest BCUT2D eigenvalue weighted by molar-refractivity contribution is 0.0698. The van der Waals surface area contributed by atoms with Gasteiger partial charge in [-0.25, -0.2) is 0 Å². The minimum absolute atomic E-state index is 0.335. The minimum Gasteiger partial charge on any atom is -0.382 e. The van der Waals surface area contributed by atoms with Crippen molar-refractivity contribution in [2.45, 2.75) is 37.6 Å². The van der Waals surface area contributed by atoms with Gasteiger partial charge < -0.3 is 20.1 Å². The monoisotopic (exact) mass is 372 g/mol. The number of aliphatic imine (C=N–C) groups is 1. The van der Waals surface area contributed by atoms with Crippen molar-refractivity contribution < 1.29 is 9.47 Å². The zero-order chi connectivity index (χ0) is 17.8. The lowest BCUT2D eigenvalue weighted by Crippen LogP contribution is -2.57. The highest BCUT2D eigenvalue weighted by molar-refractivity contribution is 7.99. The second-order valence-corrected chi connectivity index (χ2v) is 8.07. The third-order valence-corrected chi connectivity index (χ3v) is 6.16. The molecule has 25 heavy (non-hydrogen) atoms. The fourth-order valence-electron chi connectivity index (χ4n) is 3.77. The Bertz CT molecular complexity index is 383. The Hall–Kier alpha value is -0.500. The molecule has 0 aromatic heterocycles. The standard InChI is InChI=1S/C18H36N4O2S/c1-19-17(20-8-5-11-24-13-12-23-2)21-16-18(6-3-4-7-18)22-9-14-25-15-10-22/h3-16H2,1-2H3,(H2,19,20,21). The molecule has 2 fully saturated rings. The van der Waals surface area contributed by atoms with Crippen LogP contribution in [-0.2, 0) is 9.47 Å². The molecule has 2 rings (SSSR count). The molecule has 7 heteroatoms. The summed E-state index contributed by atoms with van der Waals surface area (Å²) >= 11 is 2.09. The Labute approximate surface area is 157 Å². The van der Waals surface area contributed by atoms with Crippen LogP contribution in [0.3, 0.4) is 0 Å². The molecule has 2 N–H and O–H groups in total. The smallest absolute Gasteiger partial charge is 0.191 e. The Kier molecular flexibility index (Phi) is 9.98. The van der Waals surface area contributed by atoms with Crippen LogP contribution in [0, 0.1) is 0 Å². The summed E-state index contributed by atoms with van der Waals surface area (Å²) in [6.45, 7) is 6.42. The number of nitrogens with one attached hydrogen (secondary N) is 2. The van der Waals surface area contributed by atoms with Crippen molar-refractivity contribution in [1.82, 2.24) is 15.5 Å². The summed E-state index contributed by atoms with van der Waals surface area (Å²) in [5, 5.41) is 7.00. The molecule has 0 aromatic rings. The molecule has 146 valence electrons. The molecular formula is C18H36N4O2S. The van der Waals surface area contributed by atoms with Crippen molar-refractivity contribution in [3.05, 3.63) is 0 Å². The molecule has 1 aliphatic heterocycles. The predicted octanol–water partition coefficient (Wildman–Crippen LogP) is 1.57. The van der Waals surface area contributed by atoms with Crippen LogP contribution >= 0.6 is 11.8 Å². The average Bonchev–Trinajstić information content (AvgIpc) is 3.14. The molecular weight excluding hydrogens is 336 g/mol. The third kappa shape index (κ3) is 6.96. The van der Waals surface area contributed by atoms with Gasteiger partial charge >= 0.3 is 0 Å². The van der Waals surface area contributed by atoms with Crippen molar-refractivity contribution in [2.75, 3.05) is 71.7 Å². The van der Waals surface area contributed by atoms with Crippen LogP contribution in [0.15, 0.2) is 4.99 Å². The van der Waals surface area contributed by atoms with Gasteiger partial charge in [0, 0.05) is 64.0 Å². The van der Waals surface area contributed by atoms with Gasteiger partial charge in [-0.3, -0.25) is 9.89 Å². The third-order valence-electron chi connectivity index (χ3n) is 5.21. The van der Waals surface area contributed by atoms with Gasteiger partial charge in [0.15, 0.2) is 5.96 Å². The second-order valence-electron chi connectivity index (χ2n) is 6.84. The maximum Gasteiger partial charge on any atom is 0.191 e. The van der Waals surface area contributed by atoms with Gasteiger partial charge in [-0.1, -0.05) is 12.8 Å². The quantitative estimate of drug-likeness (QED) is 0.345. The molecule has 0 atom stereocenters. The Morgan fingerprint density at radius 2 is 1.88 bits per heavy atom. The van der Waals surface area contributed by atoms with Gasteiger partial charge in [0.25, 0.3) is 0 Å². The first-order chi connectivity index (χ1) is 12.3. The van der Waals surface area contributed by atoms with E-state index in [4.69, 9.17) is 9.47 Å². The molecule has 6 nitrogen and oxygen atoms in total. The first-order valence-electron chi connectivity index (χ1n) is 9.65. The van der Waals surface area contributed by atoms with E-state index in [1.54, 1.807) is 7.11 Å². The molecule has 0 amide bonds. The minimum atomic E-state index is 0.335. The van der Waals surface area contributed by atoms with E-state index < -0.39 is 0 Å². The number of hydrogen-bond donors (Lipinski definition) is 2. The highest BCUT2D eigenvalue weighted by Crippen LogP contribution is 2.36. The van der Waals surface area contributed by atoms with Crippen molar-refractivity contribution in [1.29, 1.82) is 0 Å². The number of guanidine groups is 1. The summed E-state index contributed by atoms with van der Waals surface area (Å²) in [4.78, 5) is 7.12. The zero-order valence-electron chi connectivity index (χ0n) is 16.0. The highest BCUT2D eigenvalue weighted by atomic mass is 32.2. The fourth-order valence-corrected chi connectivity index (χ4v) is 4.67. The summed E-state index contributed by atoms with van der Waals surface area (Å²) in [7, 11) is 3.55. The summed E-state index contributed by atoms with van der Waals surface area (Å²) in [6, 6.07) is 0. The Morgan fingerprint density at radius 3 is 2.56 bits per heavy atom. The van der Waals surface area contributed by atoms with Gasteiger partial charge in [-0.15, -0.1) is 0 Å². The van der Waals surface area contributed by atoms with E-state index in [0.29, 0.717) is 18.8 Å². The SMILES string of the molecule is CN=C(NCCCOCCOC)NCC1(N2CCSCC2)CCCC1. The summed E-state index contributed by atoms with van der Waals surface area (Å²) in [5.41, 5.74) is 0.335. The number of rotatable bonds is 10. The van der Waals surface area contributed by atoms with E-state index in [9.17, 15) is 0 Å². The van der Waals surface area contributed by atoms with E-state index in [1.165, 1.54) is 50.3 Å². The number of hydrogen-bond acceptors (Lipinski definition) is 5. The van der Waals surface area contributed by atoms with Crippen molar-refractivity contribution >= 4 is 17.7 Å². The van der Waals surface area contributed by atoms with E-state index in [0.717, 1.165) is 32.1 Å². The highest BCUT2D eigenvalue weighted by Gasteiger charge is 2.39. The molecule has 1 saturated heterocycles. The normalized spacial score (nSPS) is 21.4. The first-order valence-corrected chi connectivity index (χ1v) is 10.8. The first kappa shape index (κ1) is 20.8. The van der Waals surface area contributed by atoms with Gasteiger partial charge in [0.1, 0.15) is 0 Å². The van der Waals surface area contributed by atoms with Crippen LogP contribution in [0.5, 0.6) is 0 Å². The van der Waals surface area contributed by atoms with Gasteiger partial charge in [-0.05, 0) is 19.3 Å². The predicted molar refractivity (Wildman–Crippen MR) is 107 cm³/mol. The zero-order valence-corrected chi connectivity index (χ0v) is 16.8. The maximum atomic E-state index is 5.49. The molecule has 1 saturated carbocycles. The van der Waals surface area contributed by atoms with Crippen LogP contribution < -0.4 is 10.6 Å². The lowest BCUT2D eigenvalue weighted by Gasteiger charge is -2.43. The van der Waals surface area contributed by atoms with Crippen molar-refractivity contribution in [2.24, 2.45) is 4.99 Å². The van der Waals surface area contributed by atoms with E-state index >= 15 is 0 Å². The largest absolute Gasteiger partial charge is 0.382 e. The summed E-state index contributed by atoms with van der Waals surface area (Å²) in [6.07, 6.45) is 6.31. The van der Waals surface area contributed by atoms with Gasteiger partial charge in [0.2, 0.25) is 0 Å². The van der Waals surface area contributed by atoms with Gasteiger partial charge in [0.05, 0.1) is 13.2 Å². The molecule has 0 aromatic carbocycles. The lowest BCUT2D eigenvalue weighted by atomic mass is 9.94. The maximum absolute atomic E-state index is 5.49. The molecule has 0 radical (unpaired) electrons. The molecule has 2 aliphatic rings. The number of thioether (sulfide) groups is 1. The molecule has 0 unspecified atom stereocenters. The Morgan fingerprint density at radius 1 is 1.12 bits per heavy atom. The van der Waals surface area contributed by atoms with Gasteiger partial charge in [-0.2, -0.15) is 11.8 Å². The van der Waals surface area contributed by atoms with E-state index in [1.807, 2.05) is 7.05 Å². The number of nitrogens with zero attached hydrogens (tertiary/aromatic N) is 2. The van der Waals surface area contributed by atoms with Crippen LogP contribution in [0.25, 0.3) is 0 Å². The number of ether oxygens (including phenoxy) is 2. The second kappa shape index (κ2) is 12.0. The van der Waals surface area contributed by atoms with Crippen molar-refractivity contribution in [3.8, 4) is 0 Å². The Balaban J connectivity index is 1.69. The van der Waals surface area contributed by atoms with Crippen LogP contribution in [0.2, 0.25) is 0 Å². The fraction of sp³-hybridized carbons (Fsp3) is 0.944. The van der Waals surface area contributed by atoms with Crippen molar-refractivity contribution in [3.63, 3.8) is 0 Å². The molecule has 1 heterocycles. The van der Waals surface area contributed by atoms with E-state index in [2.05, 4.69) is 32.3 Å². The molecule has 1 aliphatic carbocycles. The van der Waals surface area contributed by atoms with E-state index in [-0.39, 0.29) is 0 Å².